The number of aliphatic hydroxyl groups is 1. The summed E-state index contributed by atoms with van der Waals surface area (Å²) in [7, 11) is -1.43. The molecule has 31 heavy (non-hydrogen) atoms. The minimum Gasteiger partial charge on any atom is -0.396 e. The lowest BCUT2D eigenvalue weighted by Gasteiger charge is -2.37. The quantitative estimate of drug-likeness (QED) is 0.161. The van der Waals surface area contributed by atoms with Crippen LogP contribution in [0.4, 0.5) is 0 Å². The van der Waals surface area contributed by atoms with Gasteiger partial charge >= 0.3 is 0 Å². The predicted octanol–water partition coefficient (Wildman–Crippen LogP) is 5.68. The molecule has 0 saturated heterocycles. The molecule has 0 amide bonds. The van der Waals surface area contributed by atoms with E-state index < -0.39 is 8.53 Å². The average Bonchev–Trinajstić information content (AvgIpc) is 2.72. The maximum absolute atomic E-state index is 12.9. The fraction of sp³-hybridized carbons (Fsp3) is 0.667. The molecule has 1 unspecified atom stereocenters. The van der Waals surface area contributed by atoms with Crippen LogP contribution in [0, 0.1) is 12.5 Å². The van der Waals surface area contributed by atoms with Gasteiger partial charge in [-0.1, -0.05) is 38.1 Å². The van der Waals surface area contributed by atoms with Crippen molar-refractivity contribution in [1.29, 1.82) is 1.43 Å². The number of ketones is 1. The Labute approximate surface area is 191 Å². The molecule has 0 spiro atoms. The zero-order chi connectivity index (χ0) is 24.3. The molecule has 1 aromatic carbocycles. The van der Waals surface area contributed by atoms with E-state index in [9.17, 15) is 4.79 Å². The van der Waals surface area contributed by atoms with Gasteiger partial charge in [0.2, 0.25) is 7.98 Å². The van der Waals surface area contributed by atoms with Crippen LogP contribution >= 0.6 is 8.53 Å². The van der Waals surface area contributed by atoms with Crippen LogP contribution < -0.4 is 0 Å². The highest BCUT2D eigenvalue weighted by atomic mass is 31.2. The number of benzene rings is 1. The lowest BCUT2D eigenvalue weighted by Crippen LogP contribution is -2.36. The van der Waals surface area contributed by atoms with Gasteiger partial charge in [0.25, 0.3) is 8.53 Å². The van der Waals surface area contributed by atoms with E-state index in [0.717, 1.165) is 0 Å². The summed E-state index contributed by atoms with van der Waals surface area (Å²) in [5.41, 5.74) is 1.84. The van der Waals surface area contributed by atoms with Gasteiger partial charge in [-0.25, -0.2) is 11.2 Å². The van der Waals surface area contributed by atoms with Crippen LogP contribution in [0.15, 0.2) is 24.3 Å². The third-order valence-corrected chi connectivity index (χ3v) is 7.35. The van der Waals surface area contributed by atoms with Crippen molar-refractivity contribution in [2.75, 3.05) is 19.8 Å². The number of Topliss-reactive ketones (excluding diaryl/α,β-unsaturated/α-hetero) is 1. The standard InChI is InChI=1S/C24H39N2O4P/c1-17(2)21-9-11-22(12-10-21)24(28)15-23(16-27)20(7)30-31(29-14-13-25-8)26(18(3)4)19(5)6/h9-12,17-20,23,27H,13-16H2,1-7H3/t20-,23-,31?/m0/s1/i27D. The van der Waals surface area contributed by atoms with Crippen LogP contribution in [-0.2, 0) is 9.05 Å². The molecule has 7 heteroatoms. The van der Waals surface area contributed by atoms with Gasteiger partial charge in [-0.3, -0.25) is 4.79 Å². The van der Waals surface area contributed by atoms with Crippen LogP contribution in [0.1, 0.15) is 76.7 Å². The van der Waals surface area contributed by atoms with Crippen LogP contribution in [0.2, 0.25) is 0 Å². The van der Waals surface area contributed by atoms with Crippen molar-refractivity contribution >= 4 is 14.3 Å². The van der Waals surface area contributed by atoms with Crippen molar-refractivity contribution in [1.82, 2.24) is 4.67 Å². The topological polar surface area (TPSA) is 63.4 Å². The summed E-state index contributed by atoms with van der Waals surface area (Å²) in [6.45, 7) is 22.1. The first-order valence-electron chi connectivity index (χ1n) is 11.5. The van der Waals surface area contributed by atoms with E-state index >= 15 is 0 Å². The summed E-state index contributed by atoms with van der Waals surface area (Å²) in [5.74, 6) is 0.116. The third kappa shape index (κ3) is 8.96. The van der Waals surface area contributed by atoms with Gasteiger partial charge in [-0.15, -0.1) is 0 Å². The Morgan fingerprint density at radius 2 is 1.77 bits per heavy atom. The minimum absolute atomic E-state index is 0.000587. The van der Waals surface area contributed by atoms with Crippen LogP contribution in [0.3, 0.4) is 0 Å². The van der Waals surface area contributed by atoms with E-state index in [1.807, 2.05) is 31.2 Å². The zero-order valence-electron chi connectivity index (χ0n) is 21.0. The minimum atomic E-state index is -1.43. The van der Waals surface area contributed by atoms with Gasteiger partial charge < -0.3 is 19.0 Å². The van der Waals surface area contributed by atoms with Crippen molar-refractivity contribution in [2.45, 2.75) is 79.0 Å². The second-order valence-corrected chi connectivity index (χ2v) is 10.1. The maximum Gasteiger partial charge on any atom is 0.259 e. The fourth-order valence-electron chi connectivity index (χ4n) is 3.29. The summed E-state index contributed by atoms with van der Waals surface area (Å²) < 4.78 is 21.7. The first-order chi connectivity index (χ1) is 15.1. The number of hydrogen-bond donors (Lipinski definition) is 1. The molecule has 0 heterocycles. The predicted molar refractivity (Wildman–Crippen MR) is 127 cm³/mol. The van der Waals surface area contributed by atoms with Crippen LogP contribution in [0.5, 0.6) is 0 Å². The summed E-state index contributed by atoms with van der Waals surface area (Å²) >= 11 is 0. The Morgan fingerprint density at radius 1 is 1.16 bits per heavy atom. The van der Waals surface area contributed by atoms with Gasteiger partial charge in [0.1, 0.15) is 6.61 Å². The van der Waals surface area contributed by atoms with Gasteiger partial charge in [0.05, 0.1) is 6.10 Å². The molecule has 1 N–H and O–H groups in total. The SMILES string of the molecule is [2H]OC[C@H](CC(=O)c1ccc(C(C)C)cc1)[C@H](C)OP(OCC[N+]#[C-])N(C(C)C)C(C)C. The van der Waals surface area contributed by atoms with Crippen molar-refractivity contribution in [3.63, 3.8) is 0 Å². The molecule has 0 aromatic heterocycles. The van der Waals surface area contributed by atoms with Gasteiger partial charge in [0.15, 0.2) is 5.78 Å². The molecule has 0 bridgehead atoms. The summed E-state index contributed by atoms with van der Waals surface area (Å²) in [6, 6.07) is 8.08. The van der Waals surface area contributed by atoms with E-state index in [1.165, 1.54) is 5.56 Å². The number of rotatable bonds is 15. The second kappa shape index (κ2) is 13.9. The molecular weight excluding hydrogens is 411 g/mol. The Balaban J connectivity index is 2.95. The van der Waals surface area contributed by atoms with E-state index in [0.29, 0.717) is 18.1 Å². The molecule has 0 aliphatic rings. The Kier molecular flexibility index (Phi) is 11.6. The number of carbonyl (C=O) groups is 1. The molecule has 0 radical (unpaired) electrons. The Bertz CT molecular complexity index is 714. The number of carbonyl (C=O) groups excluding carboxylic acids is 1. The van der Waals surface area contributed by atoms with Crippen molar-refractivity contribution in [2.24, 2.45) is 5.92 Å². The largest absolute Gasteiger partial charge is 0.396 e. The van der Waals surface area contributed by atoms with E-state index in [1.54, 1.807) is 0 Å². The second-order valence-electron chi connectivity index (χ2n) is 8.66. The molecule has 0 aliphatic heterocycles. The monoisotopic (exact) mass is 451 g/mol. The molecule has 0 aliphatic carbocycles. The highest BCUT2D eigenvalue weighted by molar-refractivity contribution is 7.44. The molecule has 6 nitrogen and oxygen atoms in total. The number of aliphatic hydroxyl groups excluding tert-OH is 1. The highest BCUT2D eigenvalue weighted by Crippen LogP contribution is 2.47. The molecule has 1 aromatic rings. The van der Waals surface area contributed by atoms with Crippen molar-refractivity contribution < 1.29 is 19.0 Å². The summed E-state index contributed by atoms with van der Waals surface area (Å²) in [6.07, 6.45) is -0.145. The lowest BCUT2D eigenvalue weighted by atomic mass is 9.93. The lowest BCUT2D eigenvalue weighted by molar-refractivity contribution is 0.0630. The zero-order valence-corrected chi connectivity index (χ0v) is 20.9. The van der Waals surface area contributed by atoms with E-state index in [2.05, 4.69) is 56.2 Å². The Morgan fingerprint density at radius 3 is 2.26 bits per heavy atom. The Hall–Kier alpha value is -1.35. The molecule has 0 saturated carbocycles. The number of nitrogens with zero attached hydrogens (tertiary/aromatic N) is 2. The molecule has 3 atom stereocenters. The smallest absolute Gasteiger partial charge is 0.259 e. The summed E-state index contributed by atoms with van der Waals surface area (Å²) in [4.78, 5) is 16.3. The fourth-order valence-corrected chi connectivity index (χ4v) is 5.04. The molecular formula is C24H39N2O4P. The van der Waals surface area contributed by atoms with Crippen molar-refractivity contribution in [3.8, 4) is 0 Å². The van der Waals surface area contributed by atoms with Gasteiger partial charge in [0, 0.05) is 36.6 Å². The van der Waals surface area contributed by atoms with E-state index in [4.69, 9.17) is 17.1 Å². The highest BCUT2D eigenvalue weighted by Gasteiger charge is 2.32. The number of hydrogen-bond acceptors (Lipinski definition) is 5. The molecule has 174 valence electrons. The van der Waals surface area contributed by atoms with Gasteiger partial charge in [-0.05, 0) is 46.1 Å². The normalized spacial score (nSPS) is 15.2. The molecule has 1 rings (SSSR count). The van der Waals surface area contributed by atoms with Gasteiger partial charge in [-0.2, -0.15) is 0 Å². The average molecular weight is 452 g/mol. The molecule has 0 fully saturated rings. The first kappa shape index (κ1) is 25.9. The first-order valence-corrected chi connectivity index (χ1v) is 12.2. The van der Waals surface area contributed by atoms with Crippen LogP contribution in [0.25, 0.3) is 4.85 Å². The van der Waals surface area contributed by atoms with Crippen LogP contribution in [-0.4, -0.2) is 54.9 Å². The van der Waals surface area contributed by atoms with E-state index in [-0.39, 0.29) is 49.5 Å². The summed E-state index contributed by atoms with van der Waals surface area (Å²) in [5, 5.41) is 4.68. The maximum atomic E-state index is 12.9. The van der Waals surface area contributed by atoms with Crippen molar-refractivity contribution in [3.05, 3.63) is 46.8 Å². The third-order valence-electron chi connectivity index (χ3n) is 5.13.